The summed E-state index contributed by atoms with van der Waals surface area (Å²) < 4.78 is 5.56. The van der Waals surface area contributed by atoms with Gasteiger partial charge in [-0.3, -0.25) is 0 Å². The van der Waals surface area contributed by atoms with Crippen molar-refractivity contribution in [3.8, 4) is 0 Å². The first kappa shape index (κ1) is 8.23. The molecule has 3 nitrogen and oxygen atoms in total. The molecule has 2 rings (SSSR count). The first-order valence-electron chi connectivity index (χ1n) is 4.29. The molecule has 0 aliphatic heterocycles. The SMILES string of the molecule is CC(C)(C)c1nc2ncccc2o1. The average Bonchev–Trinajstić information content (AvgIpc) is 2.45. The molecule has 0 aromatic carbocycles. The molecule has 0 spiro atoms. The van der Waals surface area contributed by atoms with E-state index in [-0.39, 0.29) is 5.41 Å². The number of nitrogens with zero attached hydrogens (tertiary/aromatic N) is 2. The fourth-order valence-electron chi connectivity index (χ4n) is 1.09. The van der Waals surface area contributed by atoms with E-state index in [9.17, 15) is 0 Å². The molecule has 0 unspecified atom stereocenters. The van der Waals surface area contributed by atoms with Gasteiger partial charge >= 0.3 is 0 Å². The normalized spacial score (nSPS) is 12.2. The fourth-order valence-corrected chi connectivity index (χ4v) is 1.09. The quantitative estimate of drug-likeness (QED) is 0.619. The van der Waals surface area contributed by atoms with Gasteiger partial charge in [0, 0.05) is 11.6 Å². The smallest absolute Gasteiger partial charge is 0.202 e. The molecule has 0 aliphatic rings. The lowest BCUT2D eigenvalue weighted by atomic mass is 9.97. The molecule has 0 saturated carbocycles. The monoisotopic (exact) mass is 176 g/mol. The van der Waals surface area contributed by atoms with E-state index >= 15 is 0 Å². The molecular weight excluding hydrogens is 164 g/mol. The molecule has 0 amide bonds. The minimum atomic E-state index is -0.0549. The molecule has 68 valence electrons. The van der Waals surface area contributed by atoms with E-state index in [1.807, 2.05) is 12.1 Å². The number of oxazole rings is 1. The minimum Gasteiger partial charge on any atom is -0.438 e. The Morgan fingerprint density at radius 3 is 2.69 bits per heavy atom. The van der Waals surface area contributed by atoms with Gasteiger partial charge in [-0.2, -0.15) is 4.98 Å². The van der Waals surface area contributed by atoms with E-state index in [2.05, 4.69) is 30.7 Å². The zero-order valence-corrected chi connectivity index (χ0v) is 8.03. The van der Waals surface area contributed by atoms with Gasteiger partial charge in [0.15, 0.2) is 11.2 Å². The van der Waals surface area contributed by atoms with Gasteiger partial charge in [0.2, 0.25) is 5.89 Å². The number of aromatic nitrogens is 2. The summed E-state index contributed by atoms with van der Waals surface area (Å²) in [5.74, 6) is 0.737. The second-order valence-electron chi connectivity index (χ2n) is 4.09. The molecule has 0 atom stereocenters. The van der Waals surface area contributed by atoms with Crippen LogP contribution in [0.5, 0.6) is 0 Å². The van der Waals surface area contributed by atoms with Crippen LogP contribution in [0.2, 0.25) is 0 Å². The van der Waals surface area contributed by atoms with Gasteiger partial charge in [0.05, 0.1) is 0 Å². The molecule has 2 aromatic rings. The Kier molecular flexibility index (Phi) is 1.62. The van der Waals surface area contributed by atoms with Crippen molar-refractivity contribution >= 4 is 11.2 Å². The van der Waals surface area contributed by atoms with Crippen molar-refractivity contribution in [2.75, 3.05) is 0 Å². The summed E-state index contributed by atoms with van der Waals surface area (Å²) in [6.45, 7) is 6.20. The average molecular weight is 176 g/mol. The molecule has 0 fully saturated rings. The molecule has 0 aliphatic carbocycles. The maximum absolute atomic E-state index is 5.56. The van der Waals surface area contributed by atoms with E-state index in [1.54, 1.807) is 6.20 Å². The summed E-state index contributed by atoms with van der Waals surface area (Å²) in [5.41, 5.74) is 1.39. The zero-order valence-electron chi connectivity index (χ0n) is 8.03. The van der Waals surface area contributed by atoms with Gasteiger partial charge < -0.3 is 4.42 Å². The number of rotatable bonds is 0. The fraction of sp³-hybridized carbons (Fsp3) is 0.400. The van der Waals surface area contributed by atoms with Crippen LogP contribution in [-0.4, -0.2) is 9.97 Å². The predicted octanol–water partition coefficient (Wildman–Crippen LogP) is 2.52. The largest absolute Gasteiger partial charge is 0.438 e. The topological polar surface area (TPSA) is 38.9 Å². The van der Waals surface area contributed by atoms with Gasteiger partial charge in [-0.1, -0.05) is 20.8 Å². The number of hydrogen-bond acceptors (Lipinski definition) is 3. The summed E-state index contributed by atoms with van der Waals surface area (Å²) in [7, 11) is 0. The number of hydrogen-bond donors (Lipinski definition) is 0. The van der Waals surface area contributed by atoms with Gasteiger partial charge in [-0.25, -0.2) is 4.98 Å². The van der Waals surface area contributed by atoms with E-state index in [0.29, 0.717) is 5.65 Å². The summed E-state index contributed by atoms with van der Waals surface area (Å²) in [4.78, 5) is 8.42. The highest BCUT2D eigenvalue weighted by Gasteiger charge is 2.20. The van der Waals surface area contributed by atoms with Crippen molar-refractivity contribution in [2.45, 2.75) is 26.2 Å². The van der Waals surface area contributed by atoms with Crippen LogP contribution in [0.1, 0.15) is 26.7 Å². The maximum atomic E-state index is 5.56. The lowest BCUT2D eigenvalue weighted by molar-refractivity contribution is 0.411. The first-order chi connectivity index (χ1) is 6.07. The Hall–Kier alpha value is -1.38. The van der Waals surface area contributed by atoms with Crippen molar-refractivity contribution in [2.24, 2.45) is 0 Å². The Morgan fingerprint density at radius 2 is 2.08 bits per heavy atom. The summed E-state index contributed by atoms with van der Waals surface area (Å²) in [5, 5.41) is 0. The highest BCUT2D eigenvalue weighted by atomic mass is 16.3. The highest BCUT2D eigenvalue weighted by molar-refractivity contribution is 5.67. The van der Waals surface area contributed by atoms with Crippen LogP contribution >= 0.6 is 0 Å². The third-order valence-corrected chi connectivity index (χ3v) is 1.81. The lowest BCUT2D eigenvalue weighted by Crippen LogP contribution is -2.11. The van der Waals surface area contributed by atoms with Crippen LogP contribution in [0, 0.1) is 0 Å². The first-order valence-corrected chi connectivity index (χ1v) is 4.29. The maximum Gasteiger partial charge on any atom is 0.202 e. The Morgan fingerprint density at radius 1 is 1.31 bits per heavy atom. The lowest BCUT2D eigenvalue weighted by Gasteiger charge is -2.11. The molecule has 0 radical (unpaired) electrons. The van der Waals surface area contributed by atoms with Crippen LogP contribution in [0.4, 0.5) is 0 Å². The second kappa shape index (κ2) is 2.55. The molecule has 3 heteroatoms. The van der Waals surface area contributed by atoms with E-state index in [0.717, 1.165) is 11.5 Å². The van der Waals surface area contributed by atoms with Crippen LogP contribution < -0.4 is 0 Å². The number of fused-ring (bicyclic) bond motifs is 1. The van der Waals surface area contributed by atoms with Gasteiger partial charge in [0.25, 0.3) is 0 Å². The Bertz CT molecular complexity index is 393. The third kappa shape index (κ3) is 1.41. The minimum absolute atomic E-state index is 0.0549. The van der Waals surface area contributed by atoms with Crippen LogP contribution in [0.15, 0.2) is 22.7 Å². The van der Waals surface area contributed by atoms with Gasteiger partial charge in [0.1, 0.15) is 0 Å². The van der Waals surface area contributed by atoms with Crippen molar-refractivity contribution in [1.29, 1.82) is 0 Å². The van der Waals surface area contributed by atoms with Crippen molar-refractivity contribution in [3.63, 3.8) is 0 Å². The highest BCUT2D eigenvalue weighted by Crippen LogP contribution is 2.24. The van der Waals surface area contributed by atoms with Gasteiger partial charge in [-0.15, -0.1) is 0 Å². The molecule has 13 heavy (non-hydrogen) atoms. The zero-order chi connectivity index (χ0) is 9.47. The standard InChI is InChI=1S/C10H12N2O/c1-10(2,3)9-12-8-7(13-9)5-4-6-11-8/h4-6H,1-3H3. The molecule has 2 heterocycles. The van der Waals surface area contributed by atoms with Crippen molar-refractivity contribution in [3.05, 3.63) is 24.2 Å². The Labute approximate surface area is 76.8 Å². The Balaban J connectivity index is 2.63. The van der Waals surface area contributed by atoms with Crippen LogP contribution in [0.3, 0.4) is 0 Å². The van der Waals surface area contributed by atoms with E-state index < -0.39 is 0 Å². The predicted molar refractivity (Wildman–Crippen MR) is 50.5 cm³/mol. The molecule has 0 N–H and O–H groups in total. The summed E-state index contributed by atoms with van der Waals surface area (Å²) in [6, 6.07) is 3.73. The molecule has 0 bridgehead atoms. The van der Waals surface area contributed by atoms with Crippen molar-refractivity contribution < 1.29 is 4.42 Å². The summed E-state index contributed by atoms with van der Waals surface area (Å²) in [6.07, 6.45) is 1.72. The van der Waals surface area contributed by atoms with Crippen LogP contribution in [0.25, 0.3) is 11.2 Å². The van der Waals surface area contributed by atoms with Crippen LogP contribution in [-0.2, 0) is 5.41 Å². The summed E-state index contributed by atoms with van der Waals surface area (Å²) >= 11 is 0. The van der Waals surface area contributed by atoms with E-state index in [1.165, 1.54) is 0 Å². The molecule has 0 saturated heterocycles. The molecular formula is C10H12N2O. The second-order valence-corrected chi connectivity index (χ2v) is 4.09. The van der Waals surface area contributed by atoms with Gasteiger partial charge in [-0.05, 0) is 12.1 Å². The van der Waals surface area contributed by atoms with Crippen molar-refractivity contribution in [1.82, 2.24) is 9.97 Å². The van der Waals surface area contributed by atoms with E-state index in [4.69, 9.17) is 4.42 Å². The third-order valence-electron chi connectivity index (χ3n) is 1.81. The number of pyridine rings is 1. The molecule has 2 aromatic heterocycles.